The minimum atomic E-state index is 0.0907. The number of rotatable bonds is 6. The van der Waals surface area contributed by atoms with Crippen molar-refractivity contribution in [2.24, 2.45) is 0 Å². The predicted molar refractivity (Wildman–Crippen MR) is 88.7 cm³/mol. The number of nitrogens with one attached hydrogen (secondary N) is 1. The van der Waals surface area contributed by atoms with Gasteiger partial charge in [0.2, 0.25) is 5.91 Å². The number of aryl methyl sites for hydroxylation is 1. The number of carbonyl (C=O) groups excluding carboxylic acids is 1. The number of hydrogen-bond donors (Lipinski definition) is 1. The first-order valence-corrected chi connectivity index (χ1v) is 8.50. The van der Waals surface area contributed by atoms with Crippen molar-refractivity contribution in [3.63, 3.8) is 0 Å². The Morgan fingerprint density at radius 2 is 2.22 bits per heavy atom. The molecule has 1 aromatic carbocycles. The van der Waals surface area contributed by atoms with Crippen LogP contribution in [0.25, 0.3) is 0 Å². The van der Waals surface area contributed by atoms with Crippen molar-refractivity contribution in [3.8, 4) is 5.75 Å². The second kappa shape index (κ2) is 7.79. The molecule has 1 aromatic rings. The third-order valence-corrected chi connectivity index (χ3v) is 4.79. The average molecular weight is 318 g/mol. The van der Waals surface area contributed by atoms with Crippen LogP contribution in [0.4, 0.5) is 0 Å². The number of morpholine rings is 1. The van der Waals surface area contributed by atoms with Crippen molar-refractivity contribution in [3.05, 3.63) is 29.8 Å². The Kier molecular flexibility index (Phi) is 5.51. The van der Waals surface area contributed by atoms with Crippen molar-refractivity contribution >= 4 is 5.91 Å². The molecule has 0 spiro atoms. The number of nitrogens with zero attached hydrogens (tertiary/aromatic N) is 1. The third kappa shape index (κ3) is 4.45. The fourth-order valence-corrected chi connectivity index (χ4v) is 3.38. The van der Waals surface area contributed by atoms with Crippen LogP contribution >= 0.6 is 0 Å². The molecule has 0 radical (unpaired) electrons. The Hall–Kier alpha value is -1.59. The van der Waals surface area contributed by atoms with E-state index in [9.17, 15) is 4.79 Å². The summed E-state index contributed by atoms with van der Waals surface area (Å²) in [4.78, 5) is 14.5. The summed E-state index contributed by atoms with van der Waals surface area (Å²) < 4.78 is 11.0. The maximum absolute atomic E-state index is 12.0. The van der Waals surface area contributed by atoms with Crippen LogP contribution in [0.15, 0.2) is 24.3 Å². The fraction of sp³-hybridized carbons (Fsp3) is 0.611. The van der Waals surface area contributed by atoms with Crippen LogP contribution in [-0.2, 0) is 16.0 Å². The van der Waals surface area contributed by atoms with E-state index in [0.29, 0.717) is 19.0 Å². The third-order valence-electron chi connectivity index (χ3n) is 4.79. The van der Waals surface area contributed by atoms with Crippen molar-refractivity contribution < 1.29 is 14.3 Å². The van der Waals surface area contributed by atoms with Crippen LogP contribution in [0.2, 0.25) is 0 Å². The molecule has 2 aliphatic rings. The van der Waals surface area contributed by atoms with E-state index in [0.717, 1.165) is 30.9 Å². The number of ether oxygens (including phenoxy) is 2. The van der Waals surface area contributed by atoms with Crippen LogP contribution in [0.1, 0.15) is 24.8 Å². The monoisotopic (exact) mass is 318 g/mol. The highest BCUT2D eigenvalue weighted by molar-refractivity contribution is 5.76. The van der Waals surface area contributed by atoms with Crippen LogP contribution in [0.3, 0.4) is 0 Å². The lowest BCUT2D eigenvalue weighted by molar-refractivity contribution is -0.122. The first kappa shape index (κ1) is 16.3. The van der Waals surface area contributed by atoms with E-state index in [2.05, 4.69) is 10.2 Å². The molecule has 1 N–H and O–H groups in total. The van der Waals surface area contributed by atoms with Gasteiger partial charge in [-0.05, 0) is 43.5 Å². The lowest BCUT2D eigenvalue weighted by Gasteiger charge is -2.35. The number of benzene rings is 1. The Bertz CT molecular complexity index is 518. The average Bonchev–Trinajstić information content (AvgIpc) is 3.06. The van der Waals surface area contributed by atoms with Crippen LogP contribution in [-0.4, -0.2) is 56.3 Å². The number of carbonyl (C=O) groups is 1. The molecule has 126 valence electrons. The van der Waals surface area contributed by atoms with Gasteiger partial charge in [-0.3, -0.25) is 9.69 Å². The van der Waals surface area contributed by atoms with Gasteiger partial charge in [0.05, 0.1) is 19.8 Å². The second-order valence-electron chi connectivity index (χ2n) is 6.40. The summed E-state index contributed by atoms with van der Waals surface area (Å²) in [5.41, 5.74) is 1.15. The summed E-state index contributed by atoms with van der Waals surface area (Å²) in [6.45, 7) is 3.55. The molecule has 1 amide bonds. The summed E-state index contributed by atoms with van der Waals surface area (Å²) in [6.07, 6.45) is 3.91. The second-order valence-corrected chi connectivity index (χ2v) is 6.40. The number of hydrogen-bond acceptors (Lipinski definition) is 4. The van der Waals surface area contributed by atoms with E-state index < -0.39 is 0 Å². The quantitative estimate of drug-likeness (QED) is 0.866. The highest BCUT2D eigenvalue weighted by Gasteiger charge is 2.32. The molecule has 3 rings (SSSR count). The molecule has 2 atom stereocenters. The summed E-state index contributed by atoms with van der Waals surface area (Å²) in [7, 11) is 1.65. The number of fused-ring (bicyclic) bond motifs is 1. The van der Waals surface area contributed by atoms with E-state index >= 15 is 0 Å². The minimum absolute atomic E-state index is 0.0907. The number of methoxy groups -OCH3 is 1. The van der Waals surface area contributed by atoms with E-state index in [-0.39, 0.29) is 12.0 Å². The first-order valence-electron chi connectivity index (χ1n) is 8.50. The molecular formula is C18H26N2O3. The lowest BCUT2D eigenvalue weighted by atomic mass is 10.1. The normalized spacial score (nSPS) is 24.2. The highest BCUT2D eigenvalue weighted by atomic mass is 16.5. The van der Waals surface area contributed by atoms with Gasteiger partial charge >= 0.3 is 0 Å². The minimum Gasteiger partial charge on any atom is -0.497 e. The van der Waals surface area contributed by atoms with Crippen LogP contribution in [0, 0.1) is 0 Å². The molecule has 2 fully saturated rings. The molecule has 2 heterocycles. The topological polar surface area (TPSA) is 50.8 Å². The molecular weight excluding hydrogens is 292 g/mol. The van der Waals surface area contributed by atoms with Crippen molar-refractivity contribution in [2.45, 2.75) is 37.8 Å². The molecule has 5 nitrogen and oxygen atoms in total. The van der Waals surface area contributed by atoms with E-state index in [1.165, 1.54) is 19.4 Å². The van der Waals surface area contributed by atoms with Gasteiger partial charge in [0.15, 0.2) is 0 Å². The molecule has 0 unspecified atom stereocenters. The van der Waals surface area contributed by atoms with E-state index in [4.69, 9.17) is 9.47 Å². The molecule has 0 bridgehead atoms. The lowest BCUT2D eigenvalue weighted by Crippen LogP contribution is -2.50. The van der Waals surface area contributed by atoms with Crippen molar-refractivity contribution in [1.82, 2.24) is 10.2 Å². The van der Waals surface area contributed by atoms with E-state index in [1.54, 1.807) is 7.11 Å². The number of amides is 1. The van der Waals surface area contributed by atoms with Crippen LogP contribution in [0.5, 0.6) is 5.75 Å². The Morgan fingerprint density at radius 1 is 1.39 bits per heavy atom. The van der Waals surface area contributed by atoms with Crippen LogP contribution < -0.4 is 10.1 Å². The van der Waals surface area contributed by atoms with Gasteiger partial charge in [-0.15, -0.1) is 0 Å². The zero-order valence-corrected chi connectivity index (χ0v) is 13.8. The smallest absolute Gasteiger partial charge is 0.220 e. The SMILES string of the molecule is COc1ccc(CCC(=O)NC[C@@H]2CN3CCC[C@H]3CO2)cc1. The Morgan fingerprint density at radius 3 is 3.00 bits per heavy atom. The standard InChI is InChI=1S/C18H26N2O3/c1-22-16-7-4-14(5-8-16)6-9-18(21)19-11-17-12-20-10-2-3-15(20)13-23-17/h4-5,7-8,15,17H,2-3,6,9-13H2,1H3,(H,19,21)/t15-,17+/m0/s1. The van der Waals surface area contributed by atoms with Gasteiger partial charge in [0.25, 0.3) is 0 Å². The van der Waals surface area contributed by atoms with Gasteiger partial charge in [-0.25, -0.2) is 0 Å². The Balaban J connectivity index is 1.36. The zero-order chi connectivity index (χ0) is 16.1. The fourth-order valence-electron chi connectivity index (χ4n) is 3.38. The zero-order valence-electron chi connectivity index (χ0n) is 13.8. The molecule has 0 aromatic heterocycles. The summed E-state index contributed by atoms with van der Waals surface area (Å²) in [5, 5.41) is 3.01. The van der Waals surface area contributed by atoms with Crippen molar-refractivity contribution in [1.29, 1.82) is 0 Å². The van der Waals surface area contributed by atoms with Gasteiger partial charge < -0.3 is 14.8 Å². The maximum Gasteiger partial charge on any atom is 0.220 e. The molecule has 5 heteroatoms. The molecule has 0 aliphatic carbocycles. The summed E-state index contributed by atoms with van der Waals surface area (Å²) in [6, 6.07) is 8.47. The Labute approximate surface area is 137 Å². The van der Waals surface area contributed by atoms with Gasteiger partial charge in [-0.1, -0.05) is 12.1 Å². The van der Waals surface area contributed by atoms with Gasteiger partial charge in [-0.2, -0.15) is 0 Å². The molecule has 2 aliphatic heterocycles. The van der Waals surface area contributed by atoms with Gasteiger partial charge in [0.1, 0.15) is 5.75 Å². The molecule has 2 saturated heterocycles. The molecule has 0 saturated carbocycles. The highest BCUT2D eigenvalue weighted by Crippen LogP contribution is 2.22. The first-order chi connectivity index (χ1) is 11.2. The largest absolute Gasteiger partial charge is 0.497 e. The summed E-state index contributed by atoms with van der Waals surface area (Å²) >= 11 is 0. The maximum atomic E-state index is 12.0. The van der Waals surface area contributed by atoms with E-state index in [1.807, 2.05) is 24.3 Å². The van der Waals surface area contributed by atoms with Gasteiger partial charge in [0, 0.05) is 25.6 Å². The molecule has 23 heavy (non-hydrogen) atoms. The van der Waals surface area contributed by atoms with Crippen molar-refractivity contribution in [2.75, 3.05) is 33.4 Å². The summed E-state index contributed by atoms with van der Waals surface area (Å²) in [5.74, 6) is 0.931. The predicted octanol–water partition coefficient (Wildman–Crippen LogP) is 1.61.